The van der Waals surface area contributed by atoms with Crippen LogP contribution in [0.25, 0.3) is 11.2 Å². The average Bonchev–Trinajstić information content (AvgIpc) is 2.79. The number of piperidine rings is 1. The summed E-state index contributed by atoms with van der Waals surface area (Å²) in [6, 6.07) is 1.38. The lowest BCUT2D eigenvalue weighted by Gasteiger charge is -2.26. The third kappa shape index (κ3) is 2.03. The van der Waals surface area contributed by atoms with E-state index < -0.39 is 0 Å². The van der Waals surface area contributed by atoms with E-state index in [1.807, 2.05) is 11.9 Å². The van der Waals surface area contributed by atoms with Crippen molar-refractivity contribution >= 4 is 17.1 Å². The minimum Gasteiger partial charge on any atom is -0.339 e. The van der Waals surface area contributed by atoms with Crippen molar-refractivity contribution in [3.05, 3.63) is 28.3 Å². The molecule has 0 bridgehead atoms. The summed E-state index contributed by atoms with van der Waals surface area (Å²) in [6.07, 6.45) is 4.83. The second-order valence-corrected chi connectivity index (χ2v) is 4.95. The fraction of sp³-hybridized carbons (Fsp3) is 0.462. The number of H-pyrrole nitrogens is 1. The first-order chi connectivity index (χ1) is 9.16. The fourth-order valence-electron chi connectivity index (χ4n) is 2.62. The molecule has 0 saturated carbocycles. The number of aromatic amines is 1. The van der Waals surface area contributed by atoms with Gasteiger partial charge in [-0.25, -0.2) is 4.98 Å². The van der Waals surface area contributed by atoms with Crippen LogP contribution in [0.3, 0.4) is 0 Å². The van der Waals surface area contributed by atoms with Gasteiger partial charge in [0.1, 0.15) is 0 Å². The van der Waals surface area contributed by atoms with Gasteiger partial charge in [0.2, 0.25) is 5.56 Å². The molecule has 100 valence electrons. The third-order valence-electron chi connectivity index (χ3n) is 3.58. The number of hydrogen-bond acceptors (Lipinski definition) is 3. The zero-order chi connectivity index (χ0) is 13.4. The molecular weight excluding hydrogens is 244 g/mol. The first-order valence-corrected chi connectivity index (χ1v) is 6.50. The topological polar surface area (TPSA) is 71.0 Å². The Balaban J connectivity index is 2.10. The average molecular weight is 260 g/mol. The number of hydrogen-bond donors (Lipinski definition) is 1. The number of aryl methyl sites for hydroxylation is 1. The number of pyridine rings is 1. The molecule has 2 aromatic heterocycles. The summed E-state index contributed by atoms with van der Waals surface area (Å²) < 4.78 is 1.77. The second kappa shape index (κ2) is 4.53. The van der Waals surface area contributed by atoms with E-state index >= 15 is 0 Å². The fourth-order valence-corrected chi connectivity index (χ4v) is 2.62. The Morgan fingerprint density at radius 1 is 1.32 bits per heavy atom. The van der Waals surface area contributed by atoms with Crippen LogP contribution in [0, 0.1) is 0 Å². The molecule has 0 radical (unpaired) electrons. The van der Waals surface area contributed by atoms with E-state index in [1.165, 1.54) is 12.5 Å². The van der Waals surface area contributed by atoms with Gasteiger partial charge in [0.05, 0.1) is 17.4 Å². The first-order valence-electron chi connectivity index (χ1n) is 6.50. The molecule has 1 amide bonds. The number of rotatable bonds is 1. The zero-order valence-electron chi connectivity index (χ0n) is 10.8. The molecule has 6 nitrogen and oxygen atoms in total. The lowest BCUT2D eigenvalue weighted by Crippen LogP contribution is -2.36. The van der Waals surface area contributed by atoms with E-state index in [9.17, 15) is 9.59 Å². The third-order valence-corrected chi connectivity index (χ3v) is 3.58. The monoisotopic (exact) mass is 260 g/mol. The quantitative estimate of drug-likeness (QED) is 0.827. The molecule has 0 spiro atoms. The van der Waals surface area contributed by atoms with Crippen LogP contribution in [-0.4, -0.2) is 38.4 Å². The Kier molecular flexibility index (Phi) is 2.85. The molecule has 1 N–H and O–H groups in total. The van der Waals surface area contributed by atoms with Gasteiger partial charge in [0, 0.05) is 26.2 Å². The summed E-state index contributed by atoms with van der Waals surface area (Å²) in [5.74, 6) is -0.0700. The van der Waals surface area contributed by atoms with E-state index in [1.54, 1.807) is 10.9 Å². The molecule has 0 aromatic carbocycles. The van der Waals surface area contributed by atoms with Gasteiger partial charge >= 0.3 is 0 Å². The normalized spacial score (nSPS) is 15.9. The molecule has 0 unspecified atom stereocenters. The number of nitrogens with one attached hydrogen (secondary N) is 1. The van der Waals surface area contributed by atoms with Crippen molar-refractivity contribution < 1.29 is 4.79 Å². The molecule has 2 aromatic rings. The van der Waals surface area contributed by atoms with Crippen molar-refractivity contribution in [2.75, 3.05) is 13.1 Å². The van der Waals surface area contributed by atoms with Crippen LogP contribution in [-0.2, 0) is 7.05 Å². The number of aromatic nitrogens is 3. The van der Waals surface area contributed by atoms with Crippen LogP contribution in [0.1, 0.15) is 29.6 Å². The predicted molar refractivity (Wildman–Crippen MR) is 71.1 cm³/mol. The number of amides is 1. The molecule has 0 aliphatic carbocycles. The van der Waals surface area contributed by atoms with Gasteiger partial charge in [-0.2, -0.15) is 0 Å². The van der Waals surface area contributed by atoms with Crippen molar-refractivity contribution in [2.24, 2.45) is 7.05 Å². The van der Waals surface area contributed by atoms with E-state index in [0.717, 1.165) is 25.9 Å². The summed E-state index contributed by atoms with van der Waals surface area (Å²) in [6.45, 7) is 1.54. The Morgan fingerprint density at radius 3 is 2.79 bits per heavy atom. The maximum absolute atomic E-state index is 12.5. The van der Waals surface area contributed by atoms with Gasteiger partial charge in [-0.05, 0) is 19.3 Å². The van der Waals surface area contributed by atoms with Gasteiger partial charge in [0.15, 0.2) is 5.65 Å². The molecule has 3 rings (SSSR count). The summed E-state index contributed by atoms with van der Waals surface area (Å²) in [5.41, 5.74) is 1.32. The highest BCUT2D eigenvalue weighted by Gasteiger charge is 2.22. The van der Waals surface area contributed by atoms with E-state index in [0.29, 0.717) is 16.7 Å². The largest absolute Gasteiger partial charge is 0.339 e. The molecular formula is C13H16N4O2. The summed E-state index contributed by atoms with van der Waals surface area (Å²) in [4.78, 5) is 32.8. The molecule has 3 heterocycles. The lowest BCUT2D eigenvalue weighted by atomic mass is 10.1. The molecule has 1 saturated heterocycles. The first kappa shape index (κ1) is 12.0. The highest BCUT2D eigenvalue weighted by molar-refractivity contribution is 6.04. The molecule has 1 aliphatic rings. The number of nitrogens with zero attached hydrogens (tertiary/aromatic N) is 3. The van der Waals surface area contributed by atoms with Crippen LogP contribution in [0.15, 0.2) is 17.2 Å². The standard InChI is InChI=1S/C13H16N4O2/c1-16-8-14-12-11(16)9(7-10(18)15-12)13(19)17-5-3-2-4-6-17/h7-8H,2-6H2,1H3,(H,15,18). The van der Waals surface area contributed by atoms with Crippen LogP contribution in [0.5, 0.6) is 0 Å². The minimum absolute atomic E-state index is 0.0700. The van der Waals surface area contributed by atoms with Crippen LogP contribution >= 0.6 is 0 Å². The van der Waals surface area contributed by atoms with Gasteiger partial charge in [-0.1, -0.05) is 0 Å². The van der Waals surface area contributed by atoms with Crippen LogP contribution in [0.2, 0.25) is 0 Å². The van der Waals surface area contributed by atoms with Crippen molar-refractivity contribution in [1.82, 2.24) is 19.4 Å². The van der Waals surface area contributed by atoms with E-state index in [4.69, 9.17) is 0 Å². The Morgan fingerprint density at radius 2 is 2.05 bits per heavy atom. The van der Waals surface area contributed by atoms with Gasteiger partial charge < -0.3 is 14.5 Å². The number of carbonyl (C=O) groups excluding carboxylic acids is 1. The molecule has 1 aliphatic heterocycles. The predicted octanol–water partition coefficient (Wildman–Crippen LogP) is 0.888. The summed E-state index contributed by atoms with van der Waals surface area (Å²) in [7, 11) is 1.82. The number of fused-ring (bicyclic) bond motifs is 1. The second-order valence-electron chi connectivity index (χ2n) is 4.95. The van der Waals surface area contributed by atoms with Crippen molar-refractivity contribution in [1.29, 1.82) is 0 Å². The van der Waals surface area contributed by atoms with Crippen LogP contribution in [0.4, 0.5) is 0 Å². The van der Waals surface area contributed by atoms with E-state index in [-0.39, 0.29) is 11.5 Å². The highest BCUT2D eigenvalue weighted by atomic mass is 16.2. The summed E-state index contributed by atoms with van der Waals surface area (Å²) in [5, 5.41) is 0. The number of likely N-dealkylation sites (tertiary alicyclic amines) is 1. The van der Waals surface area contributed by atoms with Crippen molar-refractivity contribution in [3.8, 4) is 0 Å². The molecule has 0 atom stereocenters. The Hall–Kier alpha value is -2.11. The SMILES string of the molecule is Cn1cnc2[nH]c(=O)cc(C(=O)N3CCCCC3)c21. The smallest absolute Gasteiger partial charge is 0.256 e. The van der Waals surface area contributed by atoms with Crippen LogP contribution < -0.4 is 5.56 Å². The van der Waals surface area contributed by atoms with E-state index in [2.05, 4.69) is 9.97 Å². The summed E-state index contributed by atoms with van der Waals surface area (Å²) >= 11 is 0. The van der Waals surface area contributed by atoms with Crippen molar-refractivity contribution in [2.45, 2.75) is 19.3 Å². The zero-order valence-corrected chi connectivity index (χ0v) is 10.8. The number of carbonyl (C=O) groups is 1. The van der Waals surface area contributed by atoms with Crippen molar-refractivity contribution in [3.63, 3.8) is 0 Å². The van der Waals surface area contributed by atoms with Gasteiger partial charge in [0.25, 0.3) is 5.91 Å². The number of imidazole rings is 1. The molecule has 19 heavy (non-hydrogen) atoms. The minimum atomic E-state index is -0.286. The van der Waals surface area contributed by atoms with Gasteiger partial charge in [-0.15, -0.1) is 0 Å². The molecule has 6 heteroatoms. The maximum atomic E-state index is 12.5. The lowest BCUT2D eigenvalue weighted by molar-refractivity contribution is 0.0725. The highest BCUT2D eigenvalue weighted by Crippen LogP contribution is 2.18. The molecule has 1 fully saturated rings. The Labute approximate surface area is 110 Å². The van der Waals surface area contributed by atoms with Gasteiger partial charge in [-0.3, -0.25) is 9.59 Å². The Bertz CT molecular complexity index is 679. The maximum Gasteiger partial charge on any atom is 0.256 e.